The zero-order valence-electron chi connectivity index (χ0n) is 11.6. The lowest BCUT2D eigenvalue weighted by Gasteiger charge is -2.04. The van der Waals surface area contributed by atoms with Gasteiger partial charge in [0.1, 0.15) is 11.5 Å². The van der Waals surface area contributed by atoms with Crippen LogP contribution in [0.2, 0.25) is 0 Å². The Balaban J connectivity index is 0.00000200. The van der Waals surface area contributed by atoms with Crippen LogP contribution in [0.1, 0.15) is 11.3 Å². The highest BCUT2D eigenvalue weighted by atomic mass is 79.9. The Hall–Kier alpha value is -0.810. The minimum Gasteiger partial charge on any atom is -0.460 e. The highest BCUT2D eigenvalue weighted by Crippen LogP contribution is 2.27. The molecule has 20 heavy (non-hydrogen) atoms. The zero-order valence-corrected chi connectivity index (χ0v) is 14.0. The minimum absolute atomic E-state index is 0. The SMILES string of the molecule is COCCNCc1ccc(-c2ccc(Br)cc2C)o1.Cl. The molecule has 0 bridgehead atoms. The van der Waals surface area contributed by atoms with Gasteiger partial charge in [0.25, 0.3) is 0 Å². The van der Waals surface area contributed by atoms with E-state index in [0.717, 1.165) is 34.6 Å². The summed E-state index contributed by atoms with van der Waals surface area (Å²) in [5.74, 6) is 1.85. The normalized spacial score (nSPS) is 10.3. The number of rotatable bonds is 6. The van der Waals surface area contributed by atoms with Gasteiger partial charge in [-0.1, -0.05) is 15.9 Å². The number of aryl methyl sites for hydroxylation is 1. The molecule has 1 N–H and O–H groups in total. The van der Waals surface area contributed by atoms with Gasteiger partial charge < -0.3 is 14.5 Å². The molecule has 0 spiro atoms. The van der Waals surface area contributed by atoms with Gasteiger partial charge in [0.15, 0.2) is 0 Å². The van der Waals surface area contributed by atoms with Crippen molar-refractivity contribution in [3.63, 3.8) is 0 Å². The topological polar surface area (TPSA) is 34.4 Å². The van der Waals surface area contributed by atoms with Crippen LogP contribution in [0.3, 0.4) is 0 Å². The van der Waals surface area contributed by atoms with Gasteiger partial charge in [-0.25, -0.2) is 0 Å². The molecule has 5 heteroatoms. The summed E-state index contributed by atoms with van der Waals surface area (Å²) in [5, 5.41) is 3.26. The van der Waals surface area contributed by atoms with Crippen LogP contribution in [0.25, 0.3) is 11.3 Å². The molecule has 0 aliphatic heterocycles. The number of methoxy groups -OCH3 is 1. The molecule has 110 valence electrons. The second-order valence-corrected chi connectivity index (χ2v) is 5.31. The van der Waals surface area contributed by atoms with Crippen LogP contribution < -0.4 is 5.32 Å². The maximum atomic E-state index is 5.85. The molecule has 0 fully saturated rings. The molecule has 0 amide bonds. The lowest BCUT2D eigenvalue weighted by atomic mass is 10.1. The van der Waals surface area contributed by atoms with E-state index >= 15 is 0 Å². The molecule has 0 saturated carbocycles. The lowest BCUT2D eigenvalue weighted by Crippen LogP contribution is -2.18. The van der Waals surface area contributed by atoms with Gasteiger partial charge in [-0.3, -0.25) is 0 Å². The standard InChI is InChI=1S/C15H18BrNO2.ClH/c1-11-9-12(16)3-5-14(11)15-6-4-13(19-15)10-17-7-8-18-2;/h3-6,9,17H,7-8,10H2,1-2H3;1H. The maximum Gasteiger partial charge on any atom is 0.134 e. The molecule has 2 aromatic rings. The Morgan fingerprint density at radius 2 is 2.05 bits per heavy atom. The average Bonchev–Trinajstić information content (AvgIpc) is 2.83. The summed E-state index contributed by atoms with van der Waals surface area (Å²) in [6.45, 7) is 4.33. The number of halogens is 2. The van der Waals surface area contributed by atoms with Crippen molar-refractivity contribution in [2.45, 2.75) is 13.5 Å². The number of benzene rings is 1. The summed E-state index contributed by atoms with van der Waals surface area (Å²) < 4.78 is 11.9. The number of ether oxygens (including phenoxy) is 1. The second-order valence-electron chi connectivity index (χ2n) is 4.39. The van der Waals surface area contributed by atoms with E-state index < -0.39 is 0 Å². The Labute approximate surface area is 134 Å². The largest absolute Gasteiger partial charge is 0.460 e. The summed E-state index contributed by atoms with van der Waals surface area (Å²) in [4.78, 5) is 0. The van der Waals surface area contributed by atoms with Crippen LogP contribution in [0.4, 0.5) is 0 Å². The quantitative estimate of drug-likeness (QED) is 0.785. The van der Waals surface area contributed by atoms with Crippen LogP contribution in [-0.2, 0) is 11.3 Å². The zero-order chi connectivity index (χ0) is 13.7. The highest BCUT2D eigenvalue weighted by Gasteiger charge is 2.07. The van der Waals surface area contributed by atoms with E-state index in [0.29, 0.717) is 6.61 Å². The van der Waals surface area contributed by atoms with Gasteiger partial charge >= 0.3 is 0 Å². The van der Waals surface area contributed by atoms with Gasteiger partial charge in [0.05, 0.1) is 13.2 Å². The highest BCUT2D eigenvalue weighted by molar-refractivity contribution is 9.10. The molecule has 1 aromatic heterocycles. The fourth-order valence-electron chi connectivity index (χ4n) is 1.91. The van der Waals surface area contributed by atoms with Crippen LogP contribution in [0.15, 0.2) is 39.2 Å². The summed E-state index contributed by atoms with van der Waals surface area (Å²) in [6, 6.07) is 10.2. The summed E-state index contributed by atoms with van der Waals surface area (Å²) in [5.41, 5.74) is 2.33. The molecule has 1 heterocycles. The lowest BCUT2D eigenvalue weighted by molar-refractivity contribution is 0.198. The van der Waals surface area contributed by atoms with Crippen LogP contribution in [0.5, 0.6) is 0 Å². The molecule has 0 aliphatic carbocycles. The van der Waals surface area contributed by atoms with E-state index in [1.807, 2.05) is 18.2 Å². The fourth-order valence-corrected chi connectivity index (χ4v) is 2.38. The maximum absolute atomic E-state index is 5.85. The van der Waals surface area contributed by atoms with Crippen LogP contribution in [-0.4, -0.2) is 20.3 Å². The first-order valence-electron chi connectivity index (χ1n) is 6.25. The average molecular weight is 361 g/mol. The Morgan fingerprint density at radius 3 is 2.75 bits per heavy atom. The van der Waals surface area contributed by atoms with E-state index in [-0.39, 0.29) is 12.4 Å². The Kier molecular flexibility index (Phi) is 7.30. The monoisotopic (exact) mass is 359 g/mol. The van der Waals surface area contributed by atoms with Crippen molar-refractivity contribution in [3.05, 3.63) is 46.1 Å². The molecule has 0 unspecified atom stereocenters. The first-order chi connectivity index (χ1) is 9.20. The molecule has 0 radical (unpaired) electrons. The van der Waals surface area contributed by atoms with E-state index in [4.69, 9.17) is 9.15 Å². The van der Waals surface area contributed by atoms with E-state index in [9.17, 15) is 0 Å². The third kappa shape index (κ3) is 4.63. The van der Waals surface area contributed by atoms with Gasteiger partial charge in [-0.2, -0.15) is 0 Å². The molecule has 3 nitrogen and oxygen atoms in total. The summed E-state index contributed by atoms with van der Waals surface area (Å²) in [6.07, 6.45) is 0. The van der Waals surface area contributed by atoms with Crippen molar-refractivity contribution in [2.24, 2.45) is 0 Å². The predicted octanol–water partition coefficient (Wildman–Crippen LogP) is 4.18. The van der Waals surface area contributed by atoms with Crippen molar-refractivity contribution in [1.82, 2.24) is 5.32 Å². The molecule has 0 aliphatic rings. The summed E-state index contributed by atoms with van der Waals surface area (Å²) in [7, 11) is 1.70. The first-order valence-corrected chi connectivity index (χ1v) is 7.05. The first kappa shape index (κ1) is 17.2. The Morgan fingerprint density at radius 1 is 1.25 bits per heavy atom. The molecular weight excluding hydrogens is 342 g/mol. The van der Waals surface area contributed by atoms with Crippen molar-refractivity contribution >= 4 is 28.3 Å². The van der Waals surface area contributed by atoms with Gasteiger partial charge in [-0.15, -0.1) is 12.4 Å². The van der Waals surface area contributed by atoms with Crippen molar-refractivity contribution in [2.75, 3.05) is 20.3 Å². The molecule has 0 saturated heterocycles. The van der Waals surface area contributed by atoms with Gasteiger partial charge in [0, 0.05) is 23.7 Å². The van der Waals surface area contributed by atoms with E-state index in [2.05, 4.69) is 40.3 Å². The predicted molar refractivity (Wildman–Crippen MR) is 87.4 cm³/mol. The number of nitrogens with one attached hydrogen (secondary N) is 1. The third-order valence-electron chi connectivity index (χ3n) is 2.90. The second kappa shape index (κ2) is 8.47. The Bertz CT molecular complexity index is 542. The van der Waals surface area contributed by atoms with Crippen LogP contribution >= 0.6 is 28.3 Å². The van der Waals surface area contributed by atoms with Crippen molar-refractivity contribution in [3.8, 4) is 11.3 Å². The minimum atomic E-state index is 0. The number of furan rings is 1. The number of hydrogen-bond acceptors (Lipinski definition) is 3. The molecule has 0 atom stereocenters. The van der Waals surface area contributed by atoms with E-state index in [1.165, 1.54) is 5.56 Å². The van der Waals surface area contributed by atoms with Crippen molar-refractivity contribution < 1.29 is 9.15 Å². The van der Waals surface area contributed by atoms with Crippen molar-refractivity contribution in [1.29, 1.82) is 0 Å². The molecule has 2 rings (SSSR count). The fraction of sp³-hybridized carbons (Fsp3) is 0.333. The van der Waals surface area contributed by atoms with Gasteiger partial charge in [-0.05, 0) is 42.8 Å². The van der Waals surface area contributed by atoms with Gasteiger partial charge in [0.2, 0.25) is 0 Å². The van der Waals surface area contributed by atoms with E-state index in [1.54, 1.807) is 7.11 Å². The number of hydrogen-bond donors (Lipinski definition) is 1. The molecule has 1 aromatic carbocycles. The molecular formula is C15H19BrClNO2. The third-order valence-corrected chi connectivity index (χ3v) is 3.39. The summed E-state index contributed by atoms with van der Waals surface area (Å²) >= 11 is 3.47. The smallest absolute Gasteiger partial charge is 0.134 e. The van der Waals surface area contributed by atoms with Crippen LogP contribution in [0, 0.1) is 6.92 Å².